The second kappa shape index (κ2) is 10.7. The second-order valence-corrected chi connectivity index (χ2v) is 8.83. The molecule has 0 saturated carbocycles. The standard InChI is InChI=1S/C27H30N6O2/c1-20-8-12-29-25(31-20)9-13-30-27(34)24-19-21-5-4-7-23(26(21)35-24)33-17-15-32(16-18-33)14-10-22-6-2-3-11-28-22/h2-8,11-12,19H,9-10,13-18H2,1H3,(H,30,34). The molecule has 4 aromatic rings. The van der Waals surface area contributed by atoms with Gasteiger partial charge in [0, 0.05) is 81.3 Å². The van der Waals surface area contributed by atoms with Crippen LogP contribution in [0.5, 0.6) is 0 Å². The van der Waals surface area contributed by atoms with Gasteiger partial charge in [0.2, 0.25) is 0 Å². The predicted molar refractivity (Wildman–Crippen MR) is 136 cm³/mol. The van der Waals surface area contributed by atoms with Crippen molar-refractivity contribution in [3.8, 4) is 0 Å². The lowest BCUT2D eigenvalue weighted by Gasteiger charge is -2.36. The van der Waals surface area contributed by atoms with Crippen LogP contribution in [-0.2, 0) is 12.8 Å². The molecule has 5 rings (SSSR count). The van der Waals surface area contributed by atoms with Gasteiger partial charge in [-0.15, -0.1) is 0 Å². The van der Waals surface area contributed by atoms with Crippen LogP contribution in [0.3, 0.4) is 0 Å². The van der Waals surface area contributed by atoms with Gasteiger partial charge in [0.15, 0.2) is 11.3 Å². The summed E-state index contributed by atoms with van der Waals surface area (Å²) in [5.41, 5.74) is 3.85. The summed E-state index contributed by atoms with van der Waals surface area (Å²) in [5, 5.41) is 3.86. The normalized spacial score (nSPS) is 14.4. The fourth-order valence-electron chi connectivity index (χ4n) is 4.44. The summed E-state index contributed by atoms with van der Waals surface area (Å²) in [6.45, 7) is 7.19. The lowest BCUT2D eigenvalue weighted by Crippen LogP contribution is -2.47. The number of hydrogen-bond acceptors (Lipinski definition) is 7. The number of rotatable bonds is 8. The summed E-state index contributed by atoms with van der Waals surface area (Å²) in [6, 6.07) is 15.8. The van der Waals surface area contributed by atoms with E-state index in [0.717, 1.165) is 73.0 Å². The van der Waals surface area contributed by atoms with E-state index in [-0.39, 0.29) is 5.91 Å². The average molecular weight is 471 g/mol. The van der Waals surface area contributed by atoms with Gasteiger partial charge in [0.25, 0.3) is 5.91 Å². The summed E-state index contributed by atoms with van der Waals surface area (Å²) in [4.78, 5) is 30.6. The summed E-state index contributed by atoms with van der Waals surface area (Å²) in [6.07, 6.45) is 5.12. The Morgan fingerprint density at radius 3 is 2.69 bits per heavy atom. The van der Waals surface area contributed by atoms with E-state index in [0.29, 0.717) is 18.7 Å². The topological polar surface area (TPSA) is 87.4 Å². The minimum Gasteiger partial charge on any atom is -0.449 e. The average Bonchev–Trinajstić information content (AvgIpc) is 3.33. The van der Waals surface area contributed by atoms with Gasteiger partial charge in [-0.05, 0) is 37.3 Å². The van der Waals surface area contributed by atoms with Crippen LogP contribution in [0.2, 0.25) is 0 Å². The maximum Gasteiger partial charge on any atom is 0.287 e. The van der Waals surface area contributed by atoms with Crippen LogP contribution in [0, 0.1) is 6.92 Å². The van der Waals surface area contributed by atoms with Crippen molar-refractivity contribution >= 4 is 22.6 Å². The number of aryl methyl sites for hydroxylation is 1. The summed E-state index contributed by atoms with van der Waals surface area (Å²) in [7, 11) is 0. The van der Waals surface area contributed by atoms with Crippen molar-refractivity contribution in [2.45, 2.75) is 19.8 Å². The summed E-state index contributed by atoms with van der Waals surface area (Å²) >= 11 is 0. The number of benzene rings is 1. The predicted octanol–water partition coefficient (Wildman–Crippen LogP) is 3.26. The first-order valence-corrected chi connectivity index (χ1v) is 12.1. The fraction of sp³-hybridized carbons (Fsp3) is 0.333. The highest BCUT2D eigenvalue weighted by atomic mass is 16.3. The Morgan fingerprint density at radius 2 is 1.89 bits per heavy atom. The van der Waals surface area contributed by atoms with Gasteiger partial charge in [-0.1, -0.05) is 18.2 Å². The van der Waals surface area contributed by atoms with Crippen LogP contribution in [-0.4, -0.2) is 65.0 Å². The van der Waals surface area contributed by atoms with Crippen LogP contribution in [0.15, 0.2) is 65.3 Å². The molecule has 35 heavy (non-hydrogen) atoms. The SMILES string of the molecule is Cc1ccnc(CCNC(=O)c2cc3cccc(N4CCN(CCc5ccccn5)CC4)c3o2)n1. The lowest BCUT2D eigenvalue weighted by molar-refractivity contribution is 0.0928. The summed E-state index contributed by atoms with van der Waals surface area (Å²) in [5.74, 6) is 0.821. The van der Waals surface area contributed by atoms with Crippen LogP contribution >= 0.6 is 0 Å². The Balaban J connectivity index is 1.18. The quantitative estimate of drug-likeness (QED) is 0.423. The molecule has 4 heterocycles. The third-order valence-electron chi connectivity index (χ3n) is 6.35. The molecule has 1 aromatic carbocycles. The number of piperazine rings is 1. The molecule has 1 N–H and O–H groups in total. The van der Waals surface area contributed by atoms with E-state index in [1.54, 1.807) is 6.20 Å². The number of aromatic nitrogens is 3. The number of fused-ring (bicyclic) bond motifs is 1. The number of para-hydroxylation sites is 1. The highest BCUT2D eigenvalue weighted by Crippen LogP contribution is 2.30. The third kappa shape index (κ3) is 5.66. The minimum atomic E-state index is -0.223. The smallest absolute Gasteiger partial charge is 0.287 e. The number of nitrogens with zero attached hydrogens (tertiary/aromatic N) is 5. The monoisotopic (exact) mass is 470 g/mol. The van der Waals surface area contributed by atoms with E-state index < -0.39 is 0 Å². The highest BCUT2D eigenvalue weighted by Gasteiger charge is 2.21. The summed E-state index contributed by atoms with van der Waals surface area (Å²) < 4.78 is 6.06. The van der Waals surface area contributed by atoms with Gasteiger partial charge in [0.1, 0.15) is 5.82 Å². The van der Waals surface area contributed by atoms with E-state index in [9.17, 15) is 4.79 Å². The van der Waals surface area contributed by atoms with E-state index in [2.05, 4.69) is 42.2 Å². The largest absolute Gasteiger partial charge is 0.449 e. The second-order valence-electron chi connectivity index (χ2n) is 8.83. The number of nitrogens with one attached hydrogen (secondary N) is 1. The number of furan rings is 1. The molecule has 1 aliphatic heterocycles. The Hall–Kier alpha value is -3.78. The number of hydrogen-bond donors (Lipinski definition) is 1. The first-order chi connectivity index (χ1) is 17.2. The van der Waals surface area contributed by atoms with Gasteiger partial charge in [-0.2, -0.15) is 0 Å². The minimum absolute atomic E-state index is 0.223. The molecule has 0 spiro atoms. The molecule has 0 unspecified atom stereocenters. The van der Waals surface area contributed by atoms with Gasteiger partial charge in [-0.3, -0.25) is 14.7 Å². The van der Waals surface area contributed by atoms with Crippen LogP contribution in [0.4, 0.5) is 5.69 Å². The molecule has 1 amide bonds. The number of carbonyl (C=O) groups excluding carboxylic acids is 1. The molecule has 1 saturated heterocycles. The third-order valence-corrected chi connectivity index (χ3v) is 6.35. The lowest BCUT2D eigenvalue weighted by atomic mass is 10.2. The molecular weight excluding hydrogens is 440 g/mol. The number of amides is 1. The Kier molecular flexibility index (Phi) is 6.99. The van der Waals surface area contributed by atoms with Gasteiger partial charge >= 0.3 is 0 Å². The van der Waals surface area contributed by atoms with Crippen LogP contribution < -0.4 is 10.2 Å². The Labute approximate surface area is 205 Å². The zero-order chi connectivity index (χ0) is 24.0. The Bertz CT molecular complexity index is 1280. The molecular formula is C27H30N6O2. The molecule has 1 aliphatic rings. The van der Waals surface area contributed by atoms with E-state index >= 15 is 0 Å². The number of carbonyl (C=O) groups is 1. The number of anilines is 1. The van der Waals surface area contributed by atoms with Gasteiger partial charge in [-0.25, -0.2) is 9.97 Å². The Morgan fingerprint density at radius 1 is 1.00 bits per heavy atom. The molecule has 1 fully saturated rings. The molecule has 0 radical (unpaired) electrons. The molecule has 0 aliphatic carbocycles. The van der Waals surface area contributed by atoms with E-state index in [1.165, 1.54) is 0 Å². The molecule has 180 valence electrons. The van der Waals surface area contributed by atoms with Gasteiger partial charge < -0.3 is 14.6 Å². The highest BCUT2D eigenvalue weighted by molar-refractivity contribution is 5.99. The van der Waals surface area contributed by atoms with Crippen molar-refractivity contribution in [3.63, 3.8) is 0 Å². The number of pyridine rings is 1. The first-order valence-electron chi connectivity index (χ1n) is 12.1. The van der Waals surface area contributed by atoms with Crippen molar-refractivity contribution in [2.24, 2.45) is 0 Å². The molecule has 3 aromatic heterocycles. The van der Waals surface area contributed by atoms with Crippen LogP contribution in [0.1, 0.15) is 27.8 Å². The maximum absolute atomic E-state index is 12.7. The molecule has 0 atom stereocenters. The van der Waals surface area contributed by atoms with Crippen molar-refractivity contribution in [2.75, 3.05) is 44.2 Å². The van der Waals surface area contributed by atoms with E-state index in [1.807, 2.05) is 49.5 Å². The van der Waals surface area contributed by atoms with Crippen molar-refractivity contribution < 1.29 is 9.21 Å². The van der Waals surface area contributed by atoms with Crippen molar-refractivity contribution in [1.29, 1.82) is 0 Å². The molecule has 8 heteroatoms. The zero-order valence-electron chi connectivity index (χ0n) is 20.0. The first kappa shape index (κ1) is 23.0. The van der Waals surface area contributed by atoms with Gasteiger partial charge in [0.05, 0.1) is 5.69 Å². The van der Waals surface area contributed by atoms with Crippen molar-refractivity contribution in [3.05, 3.63) is 83.9 Å². The van der Waals surface area contributed by atoms with E-state index in [4.69, 9.17) is 4.42 Å². The molecule has 0 bridgehead atoms. The van der Waals surface area contributed by atoms with Crippen LogP contribution in [0.25, 0.3) is 11.0 Å². The molecule has 8 nitrogen and oxygen atoms in total. The maximum atomic E-state index is 12.7. The fourth-order valence-corrected chi connectivity index (χ4v) is 4.44. The van der Waals surface area contributed by atoms with Crippen molar-refractivity contribution in [1.82, 2.24) is 25.2 Å². The zero-order valence-corrected chi connectivity index (χ0v) is 20.0.